The van der Waals surface area contributed by atoms with E-state index in [0.717, 1.165) is 32.1 Å². The fourth-order valence-corrected chi connectivity index (χ4v) is 4.20. The van der Waals surface area contributed by atoms with Crippen LogP contribution in [-0.4, -0.2) is 42.9 Å². The van der Waals surface area contributed by atoms with Crippen LogP contribution in [0.1, 0.15) is 49.9 Å². The fraction of sp³-hybridized carbons (Fsp3) is 0.647. The molecule has 1 unspecified atom stereocenters. The second-order valence-electron chi connectivity index (χ2n) is 6.53. The minimum atomic E-state index is -0.726. The molecule has 0 saturated heterocycles. The van der Waals surface area contributed by atoms with Crippen molar-refractivity contribution < 1.29 is 9.59 Å². The first-order valence-corrected chi connectivity index (χ1v) is 9.09. The Bertz CT molecular complexity index is 522. The number of carbonyl (C=O) groups excluding carboxylic acids is 2. The predicted octanol–water partition coefficient (Wildman–Crippen LogP) is 2.31. The molecule has 0 radical (unpaired) electrons. The molecule has 0 bridgehead atoms. The highest BCUT2D eigenvalue weighted by Gasteiger charge is 2.40. The Morgan fingerprint density at radius 2 is 2.00 bits per heavy atom. The van der Waals surface area contributed by atoms with E-state index in [-0.39, 0.29) is 17.9 Å². The molecule has 0 aromatic carbocycles. The number of likely N-dealkylation sites (N-methyl/N-ethyl adjacent to an activating group) is 1. The second-order valence-corrected chi connectivity index (χ2v) is 7.51. The van der Waals surface area contributed by atoms with Crippen LogP contribution in [0, 0.1) is 0 Å². The molecule has 1 aliphatic carbocycles. The maximum absolute atomic E-state index is 12.8. The van der Waals surface area contributed by atoms with Gasteiger partial charge >= 0.3 is 0 Å². The fourth-order valence-electron chi connectivity index (χ4n) is 3.28. The van der Waals surface area contributed by atoms with E-state index in [1.54, 1.807) is 11.3 Å². The van der Waals surface area contributed by atoms with Crippen LogP contribution in [0.5, 0.6) is 0 Å². The summed E-state index contributed by atoms with van der Waals surface area (Å²) < 4.78 is 0. The molecular formula is C17H27N3O2S. The smallest absolute Gasteiger partial charge is 0.245 e. The van der Waals surface area contributed by atoms with Gasteiger partial charge in [0.25, 0.3) is 0 Å². The van der Waals surface area contributed by atoms with E-state index in [2.05, 4.69) is 21.6 Å². The molecule has 6 heteroatoms. The molecule has 1 saturated carbocycles. The average molecular weight is 337 g/mol. The average Bonchev–Trinajstić information content (AvgIpc) is 3.01. The molecule has 1 atom stereocenters. The summed E-state index contributed by atoms with van der Waals surface area (Å²) in [5.74, 6) is -0.180. The van der Waals surface area contributed by atoms with E-state index in [1.807, 2.05) is 25.5 Å². The van der Waals surface area contributed by atoms with Gasteiger partial charge in [-0.1, -0.05) is 25.3 Å². The van der Waals surface area contributed by atoms with E-state index >= 15 is 0 Å². The van der Waals surface area contributed by atoms with Crippen LogP contribution in [0.2, 0.25) is 0 Å². The van der Waals surface area contributed by atoms with Gasteiger partial charge in [0, 0.05) is 18.3 Å². The zero-order valence-corrected chi connectivity index (χ0v) is 15.0. The second kappa shape index (κ2) is 7.93. The molecular weight excluding hydrogens is 310 g/mol. The molecule has 0 aliphatic heterocycles. The van der Waals surface area contributed by atoms with Crippen LogP contribution in [0.15, 0.2) is 17.5 Å². The summed E-state index contributed by atoms with van der Waals surface area (Å²) >= 11 is 1.69. The summed E-state index contributed by atoms with van der Waals surface area (Å²) in [5, 5.41) is 8.05. The van der Waals surface area contributed by atoms with Crippen LogP contribution in [0.25, 0.3) is 0 Å². The first-order chi connectivity index (χ1) is 10.9. The van der Waals surface area contributed by atoms with Gasteiger partial charge in [-0.15, -0.1) is 11.3 Å². The minimum Gasteiger partial charge on any atom is -0.352 e. The number of nitrogens with one attached hydrogen (secondary N) is 2. The summed E-state index contributed by atoms with van der Waals surface area (Å²) in [4.78, 5) is 27.7. The maximum atomic E-state index is 12.8. The molecule has 1 aromatic rings. The van der Waals surface area contributed by atoms with Crippen LogP contribution in [0.3, 0.4) is 0 Å². The Kier molecular flexibility index (Phi) is 6.18. The van der Waals surface area contributed by atoms with Crippen molar-refractivity contribution in [3.63, 3.8) is 0 Å². The zero-order valence-electron chi connectivity index (χ0n) is 14.2. The van der Waals surface area contributed by atoms with Gasteiger partial charge in [-0.05, 0) is 38.4 Å². The van der Waals surface area contributed by atoms with Crippen molar-refractivity contribution in [3.05, 3.63) is 22.4 Å². The van der Waals surface area contributed by atoms with Crippen LogP contribution < -0.4 is 10.6 Å². The van der Waals surface area contributed by atoms with Crippen molar-refractivity contribution >= 4 is 23.2 Å². The lowest BCUT2D eigenvalue weighted by Crippen LogP contribution is -2.59. The summed E-state index contributed by atoms with van der Waals surface area (Å²) in [6, 6.07) is 4.26. The van der Waals surface area contributed by atoms with Crippen LogP contribution >= 0.6 is 11.3 Å². The summed E-state index contributed by atoms with van der Waals surface area (Å²) in [6.07, 6.45) is 4.55. The number of hydrogen-bond donors (Lipinski definition) is 2. The van der Waals surface area contributed by atoms with Gasteiger partial charge in [-0.25, -0.2) is 0 Å². The lowest BCUT2D eigenvalue weighted by atomic mass is 9.80. The third kappa shape index (κ3) is 4.54. The van der Waals surface area contributed by atoms with Gasteiger partial charge in [-0.2, -0.15) is 0 Å². The number of carbonyl (C=O) groups is 2. The third-order valence-electron chi connectivity index (χ3n) is 4.51. The first kappa shape index (κ1) is 17.9. The minimum absolute atomic E-state index is 0.0455. The summed E-state index contributed by atoms with van der Waals surface area (Å²) in [5.41, 5.74) is -0.726. The molecule has 1 aliphatic rings. The predicted molar refractivity (Wildman–Crippen MR) is 93.4 cm³/mol. The molecule has 0 spiro atoms. The van der Waals surface area contributed by atoms with Crippen molar-refractivity contribution in [3.8, 4) is 0 Å². The number of rotatable bonds is 6. The monoisotopic (exact) mass is 337 g/mol. The van der Waals surface area contributed by atoms with Crippen molar-refractivity contribution in [1.29, 1.82) is 0 Å². The lowest BCUT2D eigenvalue weighted by molar-refractivity contribution is -0.134. The Morgan fingerprint density at radius 1 is 1.30 bits per heavy atom. The number of amides is 2. The molecule has 1 aromatic heterocycles. The van der Waals surface area contributed by atoms with E-state index in [9.17, 15) is 9.59 Å². The van der Waals surface area contributed by atoms with Gasteiger partial charge in [0.2, 0.25) is 11.8 Å². The van der Waals surface area contributed by atoms with Crippen LogP contribution in [0.4, 0.5) is 0 Å². The largest absolute Gasteiger partial charge is 0.352 e. The first-order valence-electron chi connectivity index (χ1n) is 8.21. The Hall–Kier alpha value is -1.40. The highest BCUT2D eigenvalue weighted by atomic mass is 32.1. The third-order valence-corrected chi connectivity index (χ3v) is 5.48. The molecule has 1 heterocycles. The molecule has 5 nitrogen and oxygen atoms in total. The van der Waals surface area contributed by atoms with Crippen molar-refractivity contribution in [2.24, 2.45) is 0 Å². The molecule has 1 fully saturated rings. The topological polar surface area (TPSA) is 61.4 Å². The Labute approximate surface area is 142 Å². The molecule has 23 heavy (non-hydrogen) atoms. The Morgan fingerprint density at radius 3 is 2.52 bits per heavy atom. The molecule has 2 N–H and O–H groups in total. The zero-order chi connectivity index (χ0) is 16.9. The molecule has 2 amide bonds. The maximum Gasteiger partial charge on any atom is 0.245 e. The normalized spacial score (nSPS) is 18.4. The van der Waals surface area contributed by atoms with Crippen molar-refractivity contribution in [2.75, 3.05) is 20.6 Å². The van der Waals surface area contributed by atoms with E-state index < -0.39 is 5.54 Å². The van der Waals surface area contributed by atoms with E-state index in [4.69, 9.17) is 0 Å². The van der Waals surface area contributed by atoms with Gasteiger partial charge in [0.15, 0.2) is 0 Å². The molecule has 2 rings (SSSR count). The number of nitrogens with zero attached hydrogens (tertiary/aromatic N) is 1. The summed E-state index contributed by atoms with van der Waals surface area (Å²) in [7, 11) is 4.03. The number of thiophene rings is 1. The Balaban J connectivity index is 2.04. The SMILES string of the molecule is CC(=O)NC1(C(=O)NCC(c2cccs2)N(C)C)CCCCC1. The van der Waals surface area contributed by atoms with Crippen molar-refractivity contribution in [2.45, 2.75) is 50.6 Å². The molecule has 128 valence electrons. The highest BCUT2D eigenvalue weighted by Crippen LogP contribution is 2.29. The standard InChI is InChI=1S/C17H27N3O2S/c1-13(21)19-17(9-5-4-6-10-17)16(22)18-12-14(20(2)3)15-8-7-11-23-15/h7-8,11,14H,4-6,9-10,12H2,1-3H3,(H,18,22)(H,19,21). The van der Waals surface area contributed by atoms with Gasteiger partial charge in [-0.3, -0.25) is 9.59 Å². The van der Waals surface area contributed by atoms with E-state index in [0.29, 0.717) is 6.54 Å². The van der Waals surface area contributed by atoms with Gasteiger partial charge in [0.05, 0.1) is 6.04 Å². The summed E-state index contributed by atoms with van der Waals surface area (Å²) in [6.45, 7) is 2.03. The quantitative estimate of drug-likeness (QED) is 0.837. The van der Waals surface area contributed by atoms with Crippen LogP contribution in [-0.2, 0) is 9.59 Å². The van der Waals surface area contributed by atoms with Gasteiger partial charge in [0.1, 0.15) is 5.54 Å². The van der Waals surface area contributed by atoms with Gasteiger partial charge < -0.3 is 15.5 Å². The van der Waals surface area contributed by atoms with Crippen molar-refractivity contribution in [1.82, 2.24) is 15.5 Å². The lowest BCUT2D eigenvalue weighted by Gasteiger charge is -2.37. The van der Waals surface area contributed by atoms with E-state index in [1.165, 1.54) is 11.8 Å². The number of hydrogen-bond acceptors (Lipinski definition) is 4. The highest BCUT2D eigenvalue weighted by molar-refractivity contribution is 7.10.